The van der Waals surface area contributed by atoms with Crippen LogP contribution < -0.4 is 0 Å². The first-order chi connectivity index (χ1) is 27.8. The van der Waals surface area contributed by atoms with Crippen LogP contribution in [-0.2, 0) is 43.0 Å². The Labute approximate surface area is 336 Å². The molecule has 0 aliphatic rings. The molecular formula is C49H54N2O6. The molecule has 0 aliphatic carbocycles. The van der Waals surface area contributed by atoms with Gasteiger partial charge in [0, 0.05) is 41.0 Å². The van der Waals surface area contributed by atoms with Gasteiger partial charge in [-0.3, -0.25) is 4.79 Å². The fourth-order valence-electron chi connectivity index (χ4n) is 7.01. The zero-order valence-electron chi connectivity index (χ0n) is 33.5. The summed E-state index contributed by atoms with van der Waals surface area (Å²) in [6.45, 7) is 10.1. The summed E-state index contributed by atoms with van der Waals surface area (Å²) in [6.07, 6.45) is 4.71. The number of carbonyl (C=O) groups excluding carboxylic acids is 1. The number of benzene rings is 4. The van der Waals surface area contributed by atoms with E-state index >= 15 is 0 Å². The molecule has 0 saturated carbocycles. The molecule has 0 amide bonds. The summed E-state index contributed by atoms with van der Waals surface area (Å²) in [4.78, 5) is 21.0. The average Bonchev–Trinajstić information content (AvgIpc) is 3.20. The number of aliphatic hydroxyl groups excluding tert-OH is 1. The minimum atomic E-state index is -0.157. The van der Waals surface area contributed by atoms with E-state index in [-0.39, 0.29) is 11.5 Å². The van der Waals surface area contributed by atoms with Gasteiger partial charge in [-0.2, -0.15) is 0 Å². The number of allylic oxidation sites excluding steroid dienone is 2. The maximum atomic E-state index is 11.0. The van der Waals surface area contributed by atoms with Crippen molar-refractivity contribution in [3.8, 4) is 22.5 Å². The maximum Gasteiger partial charge on any atom is 0.155 e. The van der Waals surface area contributed by atoms with Crippen molar-refractivity contribution in [2.45, 2.75) is 52.9 Å². The third-order valence-corrected chi connectivity index (χ3v) is 9.69. The molecule has 0 aliphatic heterocycles. The van der Waals surface area contributed by atoms with Crippen LogP contribution >= 0.6 is 0 Å². The third-order valence-electron chi connectivity index (χ3n) is 9.69. The van der Waals surface area contributed by atoms with E-state index < -0.39 is 0 Å². The second-order valence-electron chi connectivity index (χ2n) is 14.5. The molecule has 2 aromatic heterocycles. The SMILES string of the molecule is CC(=O)C=C(O)CCCOCCOCCc1cc(-c2cc(C)cc(CCOCCOCCc3cc(C)cc(-c4ccc5ccccc5n4)c3)c2)nc2ccccc12. The molecule has 57 heavy (non-hydrogen) atoms. The topological polar surface area (TPSA) is 100 Å². The molecule has 4 aromatic carbocycles. The molecule has 0 spiro atoms. The van der Waals surface area contributed by atoms with Gasteiger partial charge in [0.1, 0.15) is 0 Å². The molecule has 296 valence electrons. The summed E-state index contributed by atoms with van der Waals surface area (Å²) < 4.78 is 23.5. The lowest BCUT2D eigenvalue weighted by Crippen LogP contribution is -2.09. The molecule has 0 fully saturated rings. The largest absolute Gasteiger partial charge is 0.512 e. The van der Waals surface area contributed by atoms with E-state index in [0.29, 0.717) is 65.7 Å². The van der Waals surface area contributed by atoms with Crippen molar-refractivity contribution in [3.05, 3.63) is 143 Å². The molecule has 1 N–H and O–H groups in total. The van der Waals surface area contributed by atoms with Crippen molar-refractivity contribution in [3.63, 3.8) is 0 Å². The summed E-state index contributed by atoms with van der Waals surface area (Å²) >= 11 is 0. The smallest absolute Gasteiger partial charge is 0.155 e. The van der Waals surface area contributed by atoms with E-state index in [9.17, 15) is 9.90 Å². The zero-order chi connectivity index (χ0) is 39.8. The van der Waals surface area contributed by atoms with Crippen molar-refractivity contribution in [2.24, 2.45) is 0 Å². The number of fused-ring (bicyclic) bond motifs is 2. The molecular weight excluding hydrogens is 713 g/mol. The van der Waals surface area contributed by atoms with E-state index in [4.69, 9.17) is 28.9 Å². The number of pyridine rings is 2. The standard InChI is InChI=1S/C49H54N2O6/c1-35-27-38(32-42(29-35)47-15-14-40-9-4-6-12-46(40)50-47)16-20-55-25-26-56-21-17-39-28-36(2)30-43(33-39)49-34-41(45-11-5-7-13-48(45)51-49)18-22-57-24-23-54-19-8-10-44(53)31-37(3)52/h4-7,9,11-15,27-34,53H,8,10,16-26H2,1-3H3. The Balaban J connectivity index is 0.934. The Kier molecular flexibility index (Phi) is 15.5. The number of aryl methyl sites for hydroxylation is 2. The lowest BCUT2D eigenvalue weighted by Gasteiger charge is -2.13. The van der Waals surface area contributed by atoms with Crippen LogP contribution in [0.5, 0.6) is 0 Å². The van der Waals surface area contributed by atoms with Gasteiger partial charge in [-0.15, -0.1) is 0 Å². The van der Waals surface area contributed by atoms with Crippen LogP contribution in [0.25, 0.3) is 44.3 Å². The van der Waals surface area contributed by atoms with Gasteiger partial charge in [-0.05, 0) is 112 Å². The number of nitrogens with zero attached hydrogens (tertiary/aromatic N) is 2. The molecule has 6 rings (SSSR count). The number of rotatable bonds is 22. The Bertz CT molecular complexity index is 2280. The monoisotopic (exact) mass is 766 g/mol. The Morgan fingerprint density at radius 2 is 1.16 bits per heavy atom. The number of hydrogen-bond donors (Lipinski definition) is 1. The molecule has 6 aromatic rings. The highest BCUT2D eigenvalue weighted by Gasteiger charge is 2.10. The predicted molar refractivity (Wildman–Crippen MR) is 229 cm³/mol. The van der Waals surface area contributed by atoms with Crippen molar-refractivity contribution >= 4 is 27.6 Å². The molecule has 0 saturated heterocycles. The van der Waals surface area contributed by atoms with Gasteiger partial charge in [0.15, 0.2) is 5.78 Å². The average molecular weight is 767 g/mol. The number of para-hydroxylation sites is 2. The highest BCUT2D eigenvalue weighted by Crippen LogP contribution is 2.28. The minimum Gasteiger partial charge on any atom is -0.512 e. The normalized spacial score (nSPS) is 11.8. The van der Waals surface area contributed by atoms with Gasteiger partial charge in [0.2, 0.25) is 0 Å². The molecule has 0 bridgehead atoms. The van der Waals surface area contributed by atoms with Crippen molar-refractivity contribution in [1.29, 1.82) is 0 Å². The van der Waals surface area contributed by atoms with Crippen molar-refractivity contribution in [1.82, 2.24) is 9.97 Å². The van der Waals surface area contributed by atoms with E-state index in [1.54, 1.807) is 0 Å². The first-order valence-electron chi connectivity index (χ1n) is 20.0. The lowest BCUT2D eigenvalue weighted by atomic mass is 9.99. The van der Waals surface area contributed by atoms with E-state index in [1.165, 1.54) is 40.8 Å². The second-order valence-corrected chi connectivity index (χ2v) is 14.5. The van der Waals surface area contributed by atoms with Crippen LogP contribution in [0.15, 0.2) is 115 Å². The summed E-state index contributed by atoms with van der Waals surface area (Å²) in [5, 5.41) is 12.0. The fourth-order valence-corrected chi connectivity index (χ4v) is 7.01. The van der Waals surface area contributed by atoms with Crippen LogP contribution in [-0.4, -0.2) is 73.7 Å². The third kappa shape index (κ3) is 12.9. The van der Waals surface area contributed by atoms with Crippen LogP contribution in [0.3, 0.4) is 0 Å². The van der Waals surface area contributed by atoms with Crippen LogP contribution in [0, 0.1) is 13.8 Å². The van der Waals surface area contributed by atoms with Crippen LogP contribution in [0.4, 0.5) is 0 Å². The summed E-state index contributed by atoms with van der Waals surface area (Å²) in [5.41, 5.74) is 12.2. The van der Waals surface area contributed by atoms with Gasteiger partial charge < -0.3 is 24.1 Å². The van der Waals surface area contributed by atoms with E-state index in [1.807, 2.05) is 24.3 Å². The Morgan fingerprint density at radius 3 is 1.82 bits per heavy atom. The first-order valence-corrected chi connectivity index (χ1v) is 20.0. The minimum absolute atomic E-state index is 0.0931. The van der Waals surface area contributed by atoms with E-state index in [2.05, 4.69) is 92.7 Å². The molecule has 2 heterocycles. The second kappa shape index (κ2) is 21.3. The predicted octanol–water partition coefficient (Wildman–Crippen LogP) is 9.94. The number of carbonyl (C=O) groups is 1. The van der Waals surface area contributed by atoms with E-state index in [0.717, 1.165) is 63.6 Å². The summed E-state index contributed by atoms with van der Waals surface area (Å²) in [7, 11) is 0. The van der Waals surface area contributed by atoms with Gasteiger partial charge >= 0.3 is 0 Å². The van der Waals surface area contributed by atoms with Gasteiger partial charge in [-0.1, -0.05) is 65.7 Å². The van der Waals surface area contributed by atoms with Crippen LogP contribution in [0.1, 0.15) is 47.6 Å². The van der Waals surface area contributed by atoms with Gasteiger partial charge in [0.25, 0.3) is 0 Å². The molecule has 8 nitrogen and oxygen atoms in total. The molecule has 0 radical (unpaired) electrons. The fraction of sp³-hybridized carbons (Fsp3) is 0.327. The van der Waals surface area contributed by atoms with Crippen LogP contribution in [0.2, 0.25) is 0 Å². The maximum absolute atomic E-state index is 11.0. The lowest BCUT2D eigenvalue weighted by molar-refractivity contribution is -0.112. The summed E-state index contributed by atoms with van der Waals surface area (Å²) in [5.74, 6) is -0.0643. The molecule has 0 atom stereocenters. The van der Waals surface area contributed by atoms with Gasteiger partial charge in [0.05, 0.1) is 74.4 Å². The molecule has 0 unspecified atom stereocenters. The zero-order valence-corrected chi connectivity index (χ0v) is 33.5. The van der Waals surface area contributed by atoms with Crippen molar-refractivity contribution < 1.29 is 28.8 Å². The Hall–Kier alpha value is -5.25. The van der Waals surface area contributed by atoms with Crippen molar-refractivity contribution in [2.75, 3.05) is 52.9 Å². The first kappa shape index (κ1) is 41.4. The highest BCUT2D eigenvalue weighted by atomic mass is 16.5. The number of ketones is 1. The number of aromatic nitrogens is 2. The number of hydrogen-bond acceptors (Lipinski definition) is 8. The number of aliphatic hydroxyl groups is 1. The highest BCUT2D eigenvalue weighted by molar-refractivity contribution is 5.87. The Morgan fingerprint density at radius 1 is 0.596 bits per heavy atom. The molecule has 8 heteroatoms. The summed E-state index contributed by atoms with van der Waals surface area (Å²) in [6, 6.07) is 36.2. The quantitative estimate of drug-likeness (QED) is 0.0414. The van der Waals surface area contributed by atoms with Gasteiger partial charge in [-0.25, -0.2) is 9.97 Å². The number of ether oxygens (including phenoxy) is 4.